The highest BCUT2D eigenvalue weighted by Gasteiger charge is 2.31. The second-order valence-electron chi connectivity index (χ2n) is 8.25. The van der Waals surface area contributed by atoms with Crippen LogP contribution in [0.2, 0.25) is 0 Å². The number of carbonyl (C=O) groups excluding carboxylic acids is 1. The van der Waals surface area contributed by atoms with E-state index in [4.69, 9.17) is 0 Å². The largest absolute Gasteiger partial charge is 0.299 e. The molecule has 0 aromatic rings. The molecule has 1 aliphatic carbocycles. The van der Waals surface area contributed by atoms with E-state index in [1.165, 1.54) is 51.4 Å². The molecule has 0 N–H and O–H groups in total. The molecule has 1 rings (SSSR count). The van der Waals surface area contributed by atoms with Crippen molar-refractivity contribution in [1.82, 2.24) is 0 Å². The van der Waals surface area contributed by atoms with Crippen LogP contribution in [0.15, 0.2) is 0 Å². The molecule has 0 spiro atoms. The zero-order valence-corrected chi connectivity index (χ0v) is 15.0. The number of carbonyl (C=O) groups is 1. The lowest BCUT2D eigenvalue weighted by molar-refractivity contribution is -0.124. The van der Waals surface area contributed by atoms with Gasteiger partial charge in [0.25, 0.3) is 0 Å². The van der Waals surface area contributed by atoms with Gasteiger partial charge in [-0.2, -0.15) is 0 Å². The number of rotatable bonds is 9. The molecule has 0 radical (unpaired) electrons. The Morgan fingerprint density at radius 3 is 1.90 bits per heavy atom. The molecule has 1 heteroatoms. The fraction of sp³-hybridized carbons (Fsp3) is 0.950. The van der Waals surface area contributed by atoms with Crippen LogP contribution in [-0.4, -0.2) is 5.78 Å². The fourth-order valence-corrected chi connectivity index (χ4v) is 3.74. The lowest BCUT2D eigenvalue weighted by atomic mass is 9.69. The molecule has 0 unspecified atom stereocenters. The first-order valence-corrected chi connectivity index (χ1v) is 9.48. The molecule has 0 aromatic heterocycles. The minimum absolute atomic E-state index is 0.392. The van der Waals surface area contributed by atoms with Gasteiger partial charge < -0.3 is 0 Å². The van der Waals surface area contributed by atoms with Crippen LogP contribution in [0.1, 0.15) is 105 Å². The Balaban J connectivity index is 2.09. The van der Waals surface area contributed by atoms with Gasteiger partial charge in [0.15, 0.2) is 0 Å². The maximum Gasteiger partial charge on any atom is 0.135 e. The molecule has 1 saturated carbocycles. The summed E-state index contributed by atoms with van der Waals surface area (Å²) in [5.74, 6) is 1.78. The number of Topliss-reactive ketones (excluding diaryl/α,β-unsaturated/α-hetero) is 1. The number of hydrogen-bond donors (Lipinski definition) is 0. The summed E-state index contributed by atoms with van der Waals surface area (Å²) in [5, 5.41) is 0. The standard InChI is InChI=1S/C20H38O/c1-5-6-7-8-9-10-11-12-19(21)17-13-15-18(16-14-17)20(2,3)4/h17-18H,5-16H2,1-4H3. The van der Waals surface area contributed by atoms with Crippen LogP contribution in [-0.2, 0) is 4.79 Å². The van der Waals surface area contributed by atoms with Gasteiger partial charge in [0, 0.05) is 12.3 Å². The van der Waals surface area contributed by atoms with Crippen molar-refractivity contribution in [3.8, 4) is 0 Å². The van der Waals surface area contributed by atoms with Crippen molar-refractivity contribution in [3.05, 3.63) is 0 Å². The minimum Gasteiger partial charge on any atom is -0.299 e. The molecule has 1 nitrogen and oxygen atoms in total. The molecule has 0 atom stereocenters. The van der Waals surface area contributed by atoms with Gasteiger partial charge in [-0.1, -0.05) is 66.2 Å². The Morgan fingerprint density at radius 1 is 0.857 bits per heavy atom. The summed E-state index contributed by atoms with van der Waals surface area (Å²) in [6, 6.07) is 0. The Labute approximate surface area is 133 Å². The lowest BCUT2D eigenvalue weighted by Crippen LogP contribution is -2.28. The van der Waals surface area contributed by atoms with E-state index >= 15 is 0 Å². The molecule has 0 bridgehead atoms. The van der Waals surface area contributed by atoms with Crippen molar-refractivity contribution in [2.45, 2.75) is 105 Å². The smallest absolute Gasteiger partial charge is 0.135 e. The molecule has 21 heavy (non-hydrogen) atoms. The van der Waals surface area contributed by atoms with E-state index in [2.05, 4.69) is 27.7 Å². The predicted molar refractivity (Wildman–Crippen MR) is 92.5 cm³/mol. The van der Waals surface area contributed by atoms with Gasteiger partial charge in [-0.3, -0.25) is 4.79 Å². The Bertz CT molecular complexity index is 279. The predicted octanol–water partition coefficient (Wildman–Crippen LogP) is 6.55. The molecule has 0 aromatic carbocycles. The van der Waals surface area contributed by atoms with E-state index in [0.717, 1.165) is 31.6 Å². The van der Waals surface area contributed by atoms with Gasteiger partial charge in [0.05, 0.1) is 0 Å². The van der Waals surface area contributed by atoms with Crippen molar-refractivity contribution >= 4 is 5.78 Å². The molecule has 0 aliphatic heterocycles. The summed E-state index contributed by atoms with van der Waals surface area (Å²) < 4.78 is 0. The first-order valence-electron chi connectivity index (χ1n) is 9.48. The van der Waals surface area contributed by atoms with Gasteiger partial charge in [0.2, 0.25) is 0 Å². The third kappa shape index (κ3) is 7.47. The Kier molecular flexibility index (Phi) is 8.59. The van der Waals surface area contributed by atoms with Crippen molar-refractivity contribution in [1.29, 1.82) is 0 Å². The average Bonchev–Trinajstić information content (AvgIpc) is 2.45. The third-order valence-electron chi connectivity index (χ3n) is 5.43. The summed E-state index contributed by atoms with van der Waals surface area (Å²) >= 11 is 0. The van der Waals surface area contributed by atoms with Crippen molar-refractivity contribution < 1.29 is 4.79 Å². The van der Waals surface area contributed by atoms with Crippen LogP contribution >= 0.6 is 0 Å². The Hall–Kier alpha value is -0.330. The van der Waals surface area contributed by atoms with Crippen molar-refractivity contribution in [2.75, 3.05) is 0 Å². The second kappa shape index (κ2) is 9.64. The molecule has 0 amide bonds. The lowest BCUT2D eigenvalue weighted by Gasteiger charge is -2.36. The average molecular weight is 295 g/mol. The van der Waals surface area contributed by atoms with Gasteiger partial charge in [0.1, 0.15) is 5.78 Å². The van der Waals surface area contributed by atoms with Gasteiger partial charge >= 0.3 is 0 Å². The molecule has 124 valence electrons. The highest BCUT2D eigenvalue weighted by molar-refractivity contribution is 5.81. The monoisotopic (exact) mass is 294 g/mol. The van der Waals surface area contributed by atoms with E-state index in [1.54, 1.807) is 0 Å². The van der Waals surface area contributed by atoms with E-state index in [0.29, 0.717) is 17.1 Å². The van der Waals surface area contributed by atoms with Crippen LogP contribution < -0.4 is 0 Å². The van der Waals surface area contributed by atoms with E-state index < -0.39 is 0 Å². The first kappa shape index (κ1) is 18.7. The zero-order valence-electron chi connectivity index (χ0n) is 15.0. The maximum absolute atomic E-state index is 12.3. The molecule has 0 saturated heterocycles. The first-order chi connectivity index (χ1) is 9.95. The quantitative estimate of drug-likeness (QED) is 0.441. The highest BCUT2D eigenvalue weighted by Crippen LogP contribution is 2.40. The maximum atomic E-state index is 12.3. The molecule has 1 fully saturated rings. The molecule has 1 aliphatic rings. The molecular formula is C20H38O. The molecular weight excluding hydrogens is 256 g/mol. The summed E-state index contributed by atoms with van der Waals surface area (Å²) in [6.45, 7) is 9.29. The normalized spacial score (nSPS) is 23.2. The van der Waals surface area contributed by atoms with Crippen LogP contribution in [0, 0.1) is 17.3 Å². The molecule has 0 heterocycles. The van der Waals surface area contributed by atoms with Gasteiger partial charge in [-0.15, -0.1) is 0 Å². The number of unbranched alkanes of at least 4 members (excludes halogenated alkanes) is 6. The van der Waals surface area contributed by atoms with Crippen LogP contribution in [0.4, 0.5) is 0 Å². The van der Waals surface area contributed by atoms with E-state index in [9.17, 15) is 4.79 Å². The number of ketones is 1. The SMILES string of the molecule is CCCCCCCCCC(=O)C1CCC(C(C)(C)C)CC1. The zero-order chi connectivity index (χ0) is 15.7. The van der Waals surface area contributed by atoms with E-state index in [-0.39, 0.29) is 0 Å². The highest BCUT2D eigenvalue weighted by atomic mass is 16.1. The Morgan fingerprint density at radius 2 is 1.38 bits per heavy atom. The summed E-state index contributed by atoms with van der Waals surface area (Å²) in [6.07, 6.45) is 14.8. The van der Waals surface area contributed by atoms with Crippen LogP contribution in [0.25, 0.3) is 0 Å². The topological polar surface area (TPSA) is 17.1 Å². The summed E-state index contributed by atoms with van der Waals surface area (Å²) in [5.41, 5.74) is 0.423. The van der Waals surface area contributed by atoms with Gasteiger partial charge in [-0.25, -0.2) is 0 Å². The summed E-state index contributed by atoms with van der Waals surface area (Å²) in [4.78, 5) is 12.3. The number of hydrogen-bond acceptors (Lipinski definition) is 1. The van der Waals surface area contributed by atoms with Crippen LogP contribution in [0.5, 0.6) is 0 Å². The minimum atomic E-state index is 0.392. The van der Waals surface area contributed by atoms with Crippen LogP contribution in [0.3, 0.4) is 0 Å². The van der Waals surface area contributed by atoms with Crippen molar-refractivity contribution in [2.24, 2.45) is 17.3 Å². The van der Waals surface area contributed by atoms with Gasteiger partial charge in [-0.05, 0) is 43.4 Å². The summed E-state index contributed by atoms with van der Waals surface area (Å²) in [7, 11) is 0. The van der Waals surface area contributed by atoms with E-state index in [1.807, 2.05) is 0 Å². The second-order valence-corrected chi connectivity index (χ2v) is 8.25. The third-order valence-corrected chi connectivity index (χ3v) is 5.43. The fourth-order valence-electron chi connectivity index (χ4n) is 3.74. The van der Waals surface area contributed by atoms with Crippen molar-refractivity contribution in [3.63, 3.8) is 0 Å².